The zero-order valence-corrected chi connectivity index (χ0v) is 24.2. The van der Waals surface area contributed by atoms with E-state index in [1.807, 2.05) is 54.6 Å². The van der Waals surface area contributed by atoms with Gasteiger partial charge >= 0.3 is 5.97 Å². The van der Waals surface area contributed by atoms with E-state index < -0.39 is 0 Å². The van der Waals surface area contributed by atoms with Gasteiger partial charge in [-0.25, -0.2) is 0 Å². The van der Waals surface area contributed by atoms with Crippen molar-refractivity contribution in [2.24, 2.45) is 0 Å². The van der Waals surface area contributed by atoms with E-state index in [0.717, 1.165) is 53.9 Å². The van der Waals surface area contributed by atoms with Crippen LogP contribution in [0.15, 0.2) is 66.7 Å². The van der Waals surface area contributed by atoms with Crippen molar-refractivity contribution in [1.82, 2.24) is 0 Å². The first kappa shape index (κ1) is 29.5. The van der Waals surface area contributed by atoms with Crippen molar-refractivity contribution in [3.05, 3.63) is 83.4 Å². The van der Waals surface area contributed by atoms with Crippen molar-refractivity contribution >= 4 is 5.97 Å². The highest BCUT2D eigenvalue weighted by molar-refractivity contribution is 5.73. The summed E-state index contributed by atoms with van der Waals surface area (Å²) in [6, 6.07) is 21.8. The second kappa shape index (κ2) is 16.0. The molecule has 0 saturated carbocycles. The highest BCUT2D eigenvalue weighted by Crippen LogP contribution is 2.41. The van der Waals surface area contributed by atoms with Gasteiger partial charge in [0.2, 0.25) is 0 Å². The molecule has 0 aliphatic carbocycles. The standard InChI is InChI=1S/C35H44O5/c1-3-4-5-6-7-8-9-10-14-17-35(36)40-34-24-29(37-2)21-22-31(34)32-23-19-28-18-20-30(25-33(28)39-32)38-26-27-15-12-11-13-16-27/h11-13,15-16,18,20-22,24-25,32H,3-10,14,17,19,23,26H2,1-2H3. The summed E-state index contributed by atoms with van der Waals surface area (Å²) in [5, 5.41) is 0. The molecule has 214 valence electrons. The molecule has 0 bridgehead atoms. The molecule has 3 aromatic rings. The van der Waals surface area contributed by atoms with Crippen LogP contribution in [-0.2, 0) is 17.8 Å². The van der Waals surface area contributed by atoms with E-state index in [1.54, 1.807) is 13.2 Å². The molecule has 0 amide bonds. The Balaban J connectivity index is 1.32. The summed E-state index contributed by atoms with van der Waals surface area (Å²) >= 11 is 0. The molecule has 0 fully saturated rings. The van der Waals surface area contributed by atoms with Crippen LogP contribution in [0.1, 0.15) is 100 Å². The second-order valence-corrected chi connectivity index (χ2v) is 10.6. The first-order chi connectivity index (χ1) is 19.7. The van der Waals surface area contributed by atoms with Gasteiger partial charge in [0, 0.05) is 24.1 Å². The van der Waals surface area contributed by atoms with Crippen LogP contribution in [0.25, 0.3) is 0 Å². The number of hydrogen-bond acceptors (Lipinski definition) is 5. The fourth-order valence-electron chi connectivity index (χ4n) is 5.15. The Kier molecular flexibility index (Phi) is 11.8. The molecular weight excluding hydrogens is 500 g/mol. The fourth-order valence-corrected chi connectivity index (χ4v) is 5.15. The van der Waals surface area contributed by atoms with Crippen LogP contribution in [0, 0.1) is 0 Å². The quantitative estimate of drug-likeness (QED) is 0.102. The number of carbonyl (C=O) groups excluding carboxylic acids is 1. The van der Waals surface area contributed by atoms with Crippen molar-refractivity contribution in [3.8, 4) is 23.0 Å². The van der Waals surface area contributed by atoms with Gasteiger partial charge in [-0.15, -0.1) is 0 Å². The molecule has 1 atom stereocenters. The molecule has 5 heteroatoms. The summed E-state index contributed by atoms with van der Waals surface area (Å²) in [6.45, 7) is 2.74. The lowest BCUT2D eigenvalue weighted by atomic mass is 9.96. The molecule has 40 heavy (non-hydrogen) atoms. The van der Waals surface area contributed by atoms with Crippen molar-refractivity contribution in [2.75, 3.05) is 7.11 Å². The van der Waals surface area contributed by atoms with Crippen LogP contribution in [0.3, 0.4) is 0 Å². The third-order valence-electron chi connectivity index (χ3n) is 7.51. The number of carbonyl (C=O) groups is 1. The third-order valence-corrected chi connectivity index (χ3v) is 7.51. The van der Waals surface area contributed by atoms with Crippen molar-refractivity contribution < 1.29 is 23.7 Å². The predicted octanol–water partition coefficient (Wildman–Crippen LogP) is 9.17. The first-order valence-corrected chi connectivity index (χ1v) is 15.0. The van der Waals surface area contributed by atoms with Crippen LogP contribution in [0.2, 0.25) is 0 Å². The van der Waals surface area contributed by atoms with Crippen molar-refractivity contribution in [2.45, 2.75) is 96.7 Å². The Morgan fingerprint density at radius 2 is 1.57 bits per heavy atom. The van der Waals surface area contributed by atoms with Gasteiger partial charge in [-0.1, -0.05) is 94.7 Å². The van der Waals surface area contributed by atoms with Crippen molar-refractivity contribution in [3.63, 3.8) is 0 Å². The molecule has 0 N–H and O–H groups in total. The van der Waals surface area contributed by atoms with E-state index in [1.165, 1.54) is 44.9 Å². The maximum Gasteiger partial charge on any atom is 0.311 e. The smallest absolute Gasteiger partial charge is 0.311 e. The third kappa shape index (κ3) is 9.04. The minimum Gasteiger partial charge on any atom is -0.497 e. The molecular formula is C35H44O5. The monoisotopic (exact) mass is 544 g/mol. The maximum atomic E-state index is 12.8. The minimum absolute atomic E-state index is 0.203. The van der Waals surface area contributed by atoms with Crippen LogP contribution in [0.4, 0.5) is 0 Å². The zero-order chi connectivity index (χ0) is 28.0. The van der Waals surface area contributed by atoms with Gasteiger partial charge < -0.3 is 18.9 Å². The molecule has 4 rings (SSSR count). The highest BCUT2D eigenvalue weighted by atomic mass is 16.5. The predicted molar refractivity (Wildman–Crippen MR) is 159 cm³/mol. The molecule has 3 aromatic carbocycles. The Morgan fingerprint density at radius 1 is 0.850 bits per heavy atom. The van der Waals surface area contributed by atoms with Gasteiger partial charge in [0.25, 0.3) is 0 Å². The zero-order valence-electron chi connectivity index (χ0n) is 24.2. The van der Waals surface area contributed by atoms with Crippen LogP contribution in [0.5, 0.6) is 23.0 Å². The van der Waals surface area contributed by atoms with Gasteiger partial charge in [0.15, 0.2) is 0 Å². The number of hydrogen-bond donors (Lipinski definition) is 0. The molecule has 5 nitrogen and oxygen atoms in total. The van der Waals surface area contributed by atoms with Gasteiger partial charge in [-0.3, -0.25) is 4.79 Å². The fraction of sp³-hybridized carbons (Fsp3) is 0.457. The van der Waals surface area contributed by atoms with Crippen LogP contribution in [-0.4, -0.2) is 13.1 Å². The van der Waals surface area contributed by atoms with E-state index in [0.29, 0.717) is 24.5 Å². The van der Waals surface area contributed by atoms with E-state index in [-0.39, 0.29) is 12.1 Å². The van der Waals surface area contributed by atoms with Crippen LogP contribution < -0.4 is 18.9 Å². The van der Waals surface area contributed by atoms with Gasteiger partial charge in [-0.05, 0) is 48.6 Å². The summed E-state index contributed by atoms with van der Waals surface area (Å²) < 4.78 is 23.8. The molecule has 1 aliphatic rings. The Hall–Kier alpha value is -3.47. The highest BCUT2D eigenvalue weighted by Gasteiger charge is 2.26. The van der Waals surface area contributed by atoms with E-state index in [4.69, 9.17) is 18.9 Å². The summed E-state index contributed by atoms with van der Waals surface area (Å²) in [6.07, 6.45) is 12.8. The van der Waals surface area contributed by atoms with E-state index >= 15 is 0 Å². The lowest BCUT2D eigenvalue weighted by Crippen LogP contribution is -2.17. The molecule has 0 spiro atoms. The largest absolute Gasteiger partial charge is 0.497 e. The lowest BCUT2D eigenvalue weighted by Gasteiger charge is -2.28. The van der Waals surface area contributed by atoms with Crippen molar-refractivity contribution in [1.29, 1.82) is 0 Å². The topological polar surface area (TPSA) is 54.0 Å². The average Bonchev–Trinajstić information content (AvgIpc) is 2.99. The molecule has 1 unspecified atom stereocenters. The number of fused-ring (bicyclic) bond motifs is 1. The number of esters is 1. The van der Waals surface area contributed by atoms with Crippen LogP contribution >= 0.6 is 0 Å². The van der Waals surface area contributed by atoms with E-state index in [9.17, 15) is 4.79 Å². The van der Waals surface area contributed by atoms with Gasteiger partial charge in [-0.2, -0.15) is 0 Å². The Bertz CT molecular complexity index is 1190. The number of methoxy groups -OCH3 is 1. The minimum atomic E-state index is -0.224. The Labute approximate surface area is 239 Å². The Morgan fingerprint density at radius 3 is 2.33 bits per heavy atom. The number of unbranched alkanes of at least 4 members (excludes halogenated alkanes) is 8. The first-order valence-electron chi connectivity index (χ1n) is 15.0. The number of benzene rings is 3. The molecule has 1 aliphatic heterocycles. The summed E-state index contributed by atoms with van der Waals surface area (Å²) in [7, 11) is 1.62. The number of aryl methyl sites for hydroxylation is 1. The summed E-state index contributed by atoms with van der Waals surface area (Å²) in [5.74, 6) is 2.55. The molecule has 0 aromatic heterocycles. The summed E-state index contributed by atoms with van der Waals surface area (Å²) in [5.41, 5.74) is 3.13. The molecule has 1 heterocycles. The van der Waals surface area contributed by atoms with E-state index in [2.05, 4.69) is 13.0 Å². The van der Waals surface area contributed by atoms with Gasteiger partial charge in [0.1, 0.15) is 35.7 Å². The van der Waals surface area contributed by atoms with Gasteiger partial charge in [0.05, 0.1) is 7.11 Å². The SMILES string of the molecule is CCCCCCCCCCCC(=O)Oc1cc(OC)ccc1C1CCc2ccc(OCc3ccccc3)cc2O1. The average molecular weight is 545 g/mol. The lowest BCUT2D eigenvalue weighted by molar-refractivity contribution is -0.134. The maximum absolute atomic E-state index is 12.8. The summed E-state index contributed by atoms with van der Waals surface area (Å²) in [4.78, 5) is 12.8. The normalized spacial score (nSPS) is 14.2. The second-order valence-electron chi connectivity index (χ2n) is 10.6. The number of rotatable bonds is 16. The molecule has 0 radical (unpaired) electrons. The number of ether oxygens (including phenoxy) is 4. The molecule has 0 saturated heterocycles.